The maximum Gasteiger partial charge on any atom is 0.322 e. The standard InChI is InChI=1S/C34H38N4O5S/c1-2-3-4-5-6-7-20-36-29(39)19-12-24-10-13-26(14-11-24)33-32(38-34(44-33)28-9-8-21-35-28)25-15-17-27(18-16-25)43-23-30(40)37-22-31(41)42/h8-19,21,35H,2-7,20,22-23H2,1H3,(H,36,39)(H,37,40)(H,41,42)/b19-12+. The van der Waals surface area contributed by atoms with Crippen molar-refractivity contribution >= 4 is 35.2 Å². The molecule has 0 aliphatic carbocycles. The lowest BCUT2D eigenvalue weighted by molar-refractivity contribution is -0.138. The number of unbranched alkanes of at least 4 members (excludes halogenated alkanes) is 5. The number of nitrogens with zero attached hydrogens (tertiary/aromatic N) is 1. The zero-order valence-electron chi connectivity index (χ0n) is 24.8. The van der Waals surface area contributed by atoms with Gasteiger partial charge in [-0.15, -0.1) is 11.3 Å². The minimum absolute atomic E-state index is 0.0868. The van der Waals surface area contributed by atoms with E-state index < -0.39 is 18.4 Å². The summed E-state index contributed by atoms with van der Waals surface area (Å²) in [5, 5.41) is 14.8. The fourth-order valence-corrected chi connectivity index (χ4v) is 5.55. The Morgan fingerprint density at radius 2 is 1.66 bits per heavy atom. The summed E-state index contributed by atoms with van der Waals surface area (Å²) in [4.78, 5) is 43.8. The molecule has 0 aliphatic heterocycles. The average molecular weight is 615 g/mol. The van der Waals surface area contributed by atoms with Gasteiger partial charge in [-0.3, -0.25) is 14.4 Å². The molecule has 44 heavy (non-hydrogen) atoms. The van der Waals surface area contributed by atoms with Crippen LogP contribution in [0.1, 0.15) is 51.0 Å². The van der Waals surface area contributed by atoms with Crippen LogP contribution in [0.5, 0.6) is 5.75 Å². The number of aromatic amines is 1. The molecule has 10 heteroatoms. The molecule has 2 amide bonds. The van der Waals surface area contributed by atoms with Gasteiger partial charge in [-0.1, -0.05) is 63.3 Å². The van der Waals surface area contributed by atoms with Crippen LogP contribution >= 0.6 is 11.3 Å². The number of aliphatic carboxylic acids is 1. The molecule has 0 spiro atoms. The van der Waals surface area contributed by atoms with Crippen LogP contribution in [-0.2, 0) is 14.4 Å². The number of hydrogen-bond donors (Lipinski definition) is 4. The Morgan fingerprint density at radius 3 is 2.36 bits per heavy atom. The molecule has 2 aromatic heterocycles. The molecule has 0 saturated carbocycles. The minimum Gasteiger partial charge on any atom is -0.484 e. The van der Waals surface area contributed by atoms with E-state index in [9.17, 15) is 14.4 Å². The number of nitrogens with one attached hydrogen (secondary N) is 3. The second-order valence-electron chi connectivity index (χ2n) is 10.3. The molecule has 0 fully saturated rings. The maximum absolute atomic E-state index is 12.3. The lowest BCUT2D eigenvalue weighted by Crippen LogP contribution is -2.33. The van der Waals surface area contributed by atoms with Crippen LogP contribution in [0.25, 0.3) is 38.5 Å². The Kier molecular flexibility index (Phi) is 12.3. The first kappa shape index (κ1) is 32.2. The minimum atomic E-state index is -1.12. The van der Waals surface area contributed by atoms with E-state index in [0.717, 1.165) is 50.8 Å². The third kappa shape index (κ3) is 9.95. The number of thiazole rings is 1. The molecule has 0 saturated heterocycles. The van der Waals surface area contributed by atoms with Crippen LogP contribution in [0.2, 0.25) is 0 Å². The number of carbonyl (C=O) groups is 3. The zero-order valence-corrected chi connectivity index (χ0v) is 25.6. The van der Waals surface area contributed by atoms with Gasteiger partial charge in [0.15, 0.2) is 6.61 Å². The van der Waals surface area contributed by atoms with E-state index in [-0.39, 0.29) is 12.5 Å². The Labute approximate surface area is 261 Å². The van der Waals surface area contributed by atoms with Gasteiger partial charge in [0, 0.05) is 24.4 Å². The second-order valence-corrected chi connectivity index (χ2v) is 11.3. The molecule has 0 radical (unpaired) electrons. The Hall–Kier alpha value is -4.70. The molecule has 0 bridgehead atoms. The van der Waals surface area contributed by atoms with Crippen LogP contribution < -0.4 is 15.4 Å². The van der Waals surface area contributed by atoms with Gasteiger partial charge < -0.3 is 25.5 Å². The number of H-pyrrole nitrogens is 1. The summed E-state index contributed by atoms with van der Waals surface area (Å²) in [6, 6.07) is 19.2. The summed E-state index contributed by atoms with van der Waals surface area (Å²) in [7, 11) is 0. The van der Waals surface area contributed by atoms with Gasteiger partial charge in [-0.2, -0.15) is 0 Å². The number of hydrogen-bond acceptors (Lipinski definition) is 6. The highest BCUT2D eigenvalue weighted by molar-refractivity contribution is 7.18. The first-order valence-corrected chi connectivity index (χ1v) is 15.7. The van der Waals surface area contributed by atoms with Crippen LogP contribution in [0, 0.1) is 0 Å². The van der Waals surface area contributed by atoms with Gasteiger partial charge in [0.1, 0.15) is 17.3 Å². The number of carbonyl (C=O) groups excluding carboxylic acids is 2. The number of rotatable bonds is 17. The molecule has 4 N–H and O–H groups in total. The summed E-state index contributed by atoms with van der Waals surface area (Å²) >= 11 is 1.58. The van der Waals surface area contributed by atoms with Gasteiger partial charge >= 0.3 is 5.97 Å². The fourth-order valence-electron chi connectivity index (χ4n) is 4.47. The predicted molar refractivity (Wildman–Crippen MR) is 174 cm³/mol. The van der Waals surface area contributed by atoms with Gasteiger partial charge in [0.05, 0.1) is 16.3 Å². The summed E-state index contributed by atoms with van der Waals surface area (Å²) in [5.74, 6) is -1.24. The number of amides is 2. The molecule has 2 aromatic carbocycles. The Morgan fingerprint density at radius 1 is 0.932 bits per heavy atom. The summed E-state index contributed by atoms with van der Waals surface area (Å²) in [5.41, 5.74) is 4.52. The molecule has 4 aromatic rings. The summed E-state index contributed by atoms with van der Waals surface area (Å²) in [6.45, 7) is 2.16. The third-order valence-corrected chi connectivity index (χ3v) is 7.96. The van der Waals surface area contributed by atoms with E-state index >= 15 is 0 Å². The number of carboxylic acid groups (broad SMARTS) is 1. The Balaban J connectivity index is 1.42. The molecule has 230 valence electrons. The van der Waals surface area contributed by atoms with Crippen molar-refractivity contribution in [2.75, 3.05) is 19.7 Å². The quantitative estimate of drug-likeness (QED) is 0.0788. The maximum atomic E-state index is 12.3. The van der Waals surface area contributed by atoms with E-state index in [2.05, 4.69) is 22.5 Å². The Bertz CT molecular complexity index is 1530. The highest BCUT2D eigenvalue weighted by atomic mass is 32.1. The van der Waals surface area contributed by atoms with Gasteiger partial charge in [-0.25, -0.2) is 4.98 Å². The highest BCUT2D eigenvalue weighted by Gasteiger charge is 2.17. The molecular formula is C34H38N4O5S. The zero-order chi connectivity index (χ0) is 31.1. The van der Waals surface area contributed by atoms with Crippen molar-refractivity contribution in [2.45, 2.75) is 45.4 Å². The van der Waals surface area contributed by atoms with Crippen molar-refractivity contribution in [3.8, 4) is 38.1 Å². The average Bonchev–Trinajstić information content (AvgIpc) is 3.73. The lowest BCUT2D eigenvalue weighted by atomic mass is 10.0. The number of aromatic nitrogens is 2. The fraction of sp³-hybridized carbons (Fsp3) is 0.294. The monoisotopic (exact) mass is 614 g/mol. The third-order valence-electron chi connectivity index (χ3n) is 6.82. The van der Waals surface area contributed by atoms with Crippen molar-refractivity contribution in [1.29, 1.82) is 0 Å². The molecule has 0 unspecified atom stereocenters. The summed E-state index contributed by atoms with van der Waals surface area (Å²) in [6.07, 6.45) is 12.4. The normalized spacial score (nSPS) is 11.0. The van der Waals surface area contributed by atoms with Crippen LogP contribution in [-0.4, -0.2) is 52.6 Å². The SMILES string of the molecule is CCCCCCCCNC(=O)/C=C/c1ccc(-c2sc(-c3ccc[nH]3)nc2-c2ccc(OCC(=O)NCC(=O)O)cc2)cc1. The molecule has 4 rings (SSSR count). The first-order chi connectivity index (χ1) is 21.4. The van der Waals surface area contributed by atoms with Crippen LogP contribution in [0.3, 0.4) is 0 Å². The van der Waals surface area contributed by atoms with Crippen LogP contribution in [0.15, 0.2) is 72.9 Å². The van der Waals surface area contributed by atoms with Gasteiger partial charge in [0.2, 0.25) is 5.91 Å². The van der Waals surface area contributed by atoms with Crippen molar-refractivity contribution in [2.24, 2.45) is 0 Å². The molecule has 9 nitrogen and oxygen atoms in total. The smallest absolute Gasteiger partial charge is 0.322 e. The lowest BCUT2D eigenvalue weighted by Gasteiger charge is -2.08. The van der Waals surface area contributed by atoms with E-state index in [0.29, 0.717) is 12.3 Å². The van der Waals surface area contributed by atoms with E-state index in [1.165, 1.54) is 25.7 Å². The van der Waals surface area contributed by atoms with Crippen LogP contribution in [0.4, 0.5) is 0 Å². The van der Waals surface area contributed by atoms with E-state index in [1.807, 2.05) is 60.8 Å². The largest absolute Gasteiger partial charge is 0.484 e. The first-order valence-electron chi connectivity index (χ1n) is 14.9. The number of benzene rings is 2. The number of ether oxygens (including phenoxy) is 1. The van der Waals surface area contributed by atoms with Crippen molar-refractivity contribution in [1.82, 2.24) is 20.6 Å². The molecule has 0 aliphatic rings. The molecular weight excluding hydrogens is 576 g/mol. The van der Waals surface area contributed by atoms with Gasteiger partial charge in [-0.05, 0) is 60.0 Å². The van der Waals surface area contributed by atoms with Crippen molar-refractivity contribution in [3.63, 3.8) is 0 Å². The van der Waals surface area contributed by atoms with Crippen molar-refractivity contribution in [3.05, 3.63) is 78.5 Å². The van der Waals surface area contributed by atoms with E-state index in [4.69, 9.17) is 14.8 Å². The van der Waals surface area contributed by atoms with E-state index in [1.54, 1.807) is 29.5 Å². The second kappa shape index (κ2) is 16.8. The number of carboxylic acids is 1. The molecule has 2 heterocycles. The van der Waals surface area contributed by atoms with Crippen molar-refractivity contribution < 1.29 is 24.2 Å². The summed E-state index contributed by atoms with van der Waals surface area (Å²) < 4.78 is 5.51. The predicted octanol–water partition coefficient (Wildman–Crippen LogP) is 6.54. The molecule has 0 atom stereocenters. The van der Waals surface area contributed by atoms with Gasteiger partial charge in [0.25, 0.3) is 5.91 Å². The topological polar surface area (TPSA) is 133 Å². The highest BCUT2D eigenvalue weighted by Crippen LogP contribution is 2.40.